The SMILES string of the molecule is CCC(N)C(c1cccs1)n1cc(C(F)(F)F)cn1. The van der Waals surface area contributed by atoms with E-state index >= 15 is 0 Å². The largest absolute Gasteiger partial charge is 0.419 e. The number of nitrogens with zero attached hydrogens (tertiary/aromatic N) is 2. The highest BCUT2D eigenvalue weighted by Crippen LogP contribution is 2.32. The molecule has 0 amide bonds. The molecule has 2 heterocycles. The maximum absolute atomic E-state index is 12.6. The minimum absolute atomic E-state index is 0.278. The first-order valence-corrected chi connectivity index (χ1v) is 6.71. The Hall–Kier alpha value is -1.34. The fraction of sp³-hybridized carbons (Fsp3) is 0.417. The molecule has 0 aliphatic heterocycles. The van der Waals surface area contributed by atoms with Crippen molar-refractivity contribution in [2.45, 2.75) is 31.6 Å². The lowest BCUT2D eigenvalue weighted by Gasteiger charge is -2.22. The summed E-state index contributed by atoms with van der Waals surface area (Å²) in [6.07, 6.45) is -1.87. The molecular weight excluding hydrogens is 275 g/mol. The maximum atomic E-state index is 12.6. The van der Waals surface area contributed by atoms with Crippen LogP contribution in [0.4, 0.5) is 13.2 Å². The molecule has 0 spiro atoms. The van der Waals surface area contributed by atoms with Gasteiger partial charge in [-0.1, -0.05) is 13.0 Å². The third-order valence-corrected chi connectivity index (χ3v) is 3.87. The van der Waals surface area contributed by atoms with Gasteiger partial charge in [-0.3, -0.25) is 4.68 Å². The molecule has 2 aromatic rings. The monoisotopic (exact) mass is 289 g/mol. The first-order valence-electron chi connectivity index (χ1n) is 5.83. The number of thiophene rings is 1. The standard InChI is InChI=1S/C12H14F3N3S/c1-2-9(16)11(10-4-3-5-19-10)18-7-8(6-17-18)12(13,14)15/h3-7,9,11H,2,16H2,1H3. The van der Waals surface area contributed by atoms with E-state index in [-0.39, 0.29) is 12.1 Å². The molecule has 0 radical (unpaired) electrons. The predicted octanol–water partition coefficient (Wildman–Crippen LogP) is 3.29. The van der Waals surface area contributed by atoms with Gasteiger partial charge in [0.1, 0.15) is 6.04 Å². The molecule has 2 unspecified atom stereocenters. The van der Waals surface area contributed by atoms with Crippen LogP contribution in [0.3, 0.4) is 0 Å². The molecule has 2 rings (SSSR count). The van der Waals surface area contributed by atoms with Gasteiger partial charge in [0.25, 0.3) is 0 Å². The Balaban J connectivity index is 2.37. The van der Waals surface area contributed by atoms with Gasteiger partial charge in [0.15, 0.2) is 0 Å². The van der Waals surface area contributed by atoms with Gasteiger partial charge in [0, 0.05) is 17.1 Å². The summed E-state index contributed by atoms with van der Waals surface area (Å²) in [6.45, 7) is 1.90. The van der Waals surface area contributed by atoms with Crippen LogP contribution in [-0.2, 0) is 6.18 Å². The van der Waals surface area contributed by atoms with Gasteiger partial charge in [-0.05, 0) is 17.9 Å². The van der Waals surface area contributed by atoms with Crippen LogP contribution in [0.2, 0.25) is 0 Å². The summed E-state index contributed by atoms with van der Waals surface area (Å²) in [6, 6.07) is 3.07. The molecule has 3 nitrogen and oxygen atoms in total. The van der Waals surface area contributed by atoms with E-state index in [2.05, 4.69) is 5.10 Å². The molecule has 2 N–H and O–H groups in total. The molecule has 2 aromatic heterocycles. The Kier molecular flexibility index (Phi) is 3.96. The smallest absolute Gasteiger partial charge is 0.326 e. The molecule has 0 fully saturated rings. The second kappa shape index (κ2) is 5.34. The summed E-state index contributed by atoms with van der Waals surface area (Å²) in [5.41, 5.74) is 5.27. The van der Waals surface area contributed by atoms with Crippen LogP contribution in [0.5, 0.6) is 0 Å². The number of rotatable bonds is 4. The van der Waals surface area contributed by atoms with Crippen LogP contribution in [0.15, 0.2) is 29.9 Å². The first kappa shape index (κ1) is 14.1. The molecule has 0 aliphatic rings. The van der Waals surface area contributed by atoms with Crippen LogP contribution in [0.1, 0.15) is 29.8 Å². The lowest BCUT2D eigenvalue weighted by atomic mass is 10.1. The number of hydrogen-bond donors (Lipinski definition) is 1. The van der Waals surface area contributed by atoms with Crippen LogP contribution in [-0.4, -0.2) is 15.8 Å². The lowest BCUT2D eigenvalue weighted by Crippen LogP contribution is -2.32. The highest BCUT2D eigenvalue weighted by molar-refractivity contribution is 7.10. The van der Waals surface area contributed by atoms with Gasteiger partial charge in [-0.15, -0.1) is 11.3 Å². The number of alkyl halides is 3. The molecule has 2 atom stereocenters. The first-order chi connectivity index (χ1) is 8.93. The van der Waals surface area contributed by atoms with E-state index in [1.807, 2.05) is 24.4 Å². The van der Waals surface area contributed by atoms with Crippen molar-refractivity contribution in [1.29, 1.82) is 0 Å². The third kappa shape index (κ3) is 2.98. The molecular formula is C12H14F3N3S. The van der Waals surface area contributed by atoms with Gasteiger partial charge in [0.2, 0.25) is 0 Å². The second-order valence-electron chi connectivity index (χ2n) is 4.24. The predicted molar refractivity (Wildman–Crippen MR) is 68.0 cm³/mol. The van der Waals surface area contributed by atoms with Gasteiger partial charge in [-0.25, -0.2) is 0 Å². The Morgan fingerprint density at radius 3 is 2.68 bits per heavy atom. The van der Waals surface area contributed by atoms with Crippen LogP contribution in [0.25, 0.3) is 0 Å². The van der Waals surface area contributed by atoms with Crippen molar-refractivity contribution in [3.63, 3.8) is 0 Å². The van der Waals surface area contributed by atoms with Crippen molar-refractivity contribution < 1.29 is 13.2 Å². The van der Waals surface area contributed by atoms with Crippen molar-refractivity contribution in [1.82, 2.24) is 9.78 Å². The van der Waals surface area contributed by atoms with E-state index in [4.69, 9.17) is 5.73 Å². The van der Waals surface area contributed by atoms with E-state index in [1.54, 1.807) is 0 Å². The summed E-state index contributed by atoms with van der Waals surface area (Å²) < 4.78 is 39.1. The molecule has 19 heavy (non-hydrogen) atoms. The van der Waals surface area contributed by atoms with Crippen molar-refractivity contribution in [2.24, 2.45) is 5.73 Å². The average Bonchev–Trinajstić information content (AvgIpc) is 2.99. The number of aromatic nitrogens is 2. The van der Waals surface area contributed by atoms with Crippen molar-refractivity contribution in [2.75, 3.05) is 0 Å². The van der Waals surface area contributed by atoms with Gasteiger partial charge >= 0.3 is 6.18 Å². The Morgan fingerprint density at radius 2 is 2.21 bits per heavy atom. The molecule has 0 saturated heterocycles. The van der Waals surface area contributed by atoms with E-state index in [0.717, 1.165) is 17.3 Å². The summed E-state index contributed by atoms with van der Waals surface area (Å²) in [7, 11) is 0. The van der Waals surface area contributed by atoms with Gasteiger partial charge < -0.3 is 5.73 Å². The van der Waals surface area contributed by atoms with Crippen molar-refractivity contribution in [3.8, 4) is 0 Å². The summed E-state index contributed by atoms with van der Waals surface area (Å²) in [5, 5.41) is 5.71. The zero-order valence-electron chi connectivity index (χ0n) is 10.3. The zero-order chi connectivity index (χ0) is 14.0. The fourth-order valence-corrected chi connectivity index (χ4v) is 2.75. The minimum atomic E-state index is -4.38. The van der Waals surface area contributed by atoms with Crippen molar-refractivity contribution in [3.05, 3.63) is 40.3 Å². The highest BCUT2D eigenvalue weighted by atomic mass is 32.1. The van der Waals surface area contributed by atoms with Gasteiger partial charge in [-0.2, -0.15) is 18.3 Å². The van der Waals surface area contributed by atoms with E-state index in [0.29, 0.717) is 6.42 Å². The molecule has 0 bridgehead atoms. The quantitative estimate of drug-likeness (QED) is 0.938. The molecule has 7 heteroatoms. The second-order valence-corrected chi connectivity index (χ2v) is 5.22. The number of nitrogens with two attached hydrogens (primary N) is 1. The Morgan fingerprint density at radius 1 is 1.47 bits per heavy atom. The normalized spacial score (nSPS) is 15.4. The number of halogens is 3. The van der Waals surface area contributed by atoms with Crippen molar-refractivity contribution >= 4 is 11.3 Å². The fourth-order valence-electron chi connectivity index (χ4n) is 1.86. The average molecular weight is 289 g/mol. The summed E-state index contributed by atoms with van der Waals surface area (Å²) in [5.74, 6) is 0. The summed E-state index contributed by atoms with van der Waals surface area (Å²) in [4.78, 5) is 0.908. The molecule has 104 valence electrons. The minimum Gasteiger partial charge on any atom is -0.326 e. The van der Waals surface area contributed by atoms with Crippen LogP contribution < -0.4 is 5.73 Å². The summed E-state index contributed by atoms with van der Waals surface area (Å²) >= 11 is 1.46. The van der Waals surface area contributed by atoms with E-state index < -0.39 is 11.7 Å². The molecule has 0 aromatic carbocycles. The topological polar surface area (TPSA) is 43.8 Å². The van der Waals surface area contributed by atoms with E-state index in [1.165, 1.54) is 16.0 Å². The van der Waals surface area contributed by atoms with Crippen LogP contribution >= 0.6 is 11.3 Å². The third-order valence-electron chi connectivity index (χ3n) is 2.93. The molecule has 0 saturated carbocycles. The Labute approximate surface area is 112 Å². The maximum Gasteiger partial charge on any atom is 0.419 e. The Bertz CT molecular complexity index is 519. The zero-order valence-corrected chi connectivity index (χ0v) is 11.1. The number of hydrogen-bond acceptors (Lipinski definition) is 3. The molecule has 0 aliphatic carbocycles. The highest BCUT2D eigenvalue weighted by Gasteiger charge is 2.33. The van der Waals surface area contributed by atoms with Gasteiger partial charge in [0.05, 0.1) is 11.8 Å². The lowest BCUT2D eigenvalue weighted by molar-refractivity contribution is -0.137. The van der Waals surface area contributed by atoms with E-state index in [9.17, 15) is 13.2 Å². The van der Waals surface area contributed by atoms with Crippen LogP contribution in [0, 0.1) is 0 Å².